The first-order chi connectivity index (χ1) is 17.6. The van der Waals surface area contributed by atoms with Crippen LogP contribution in [0.5, 0.6) is 5.75 Å². The molecule has 5 nitrogen and oxygen atoms in total. The van der Waals surface area contributed by atoms with E-state index in [-0.39, 0.29) is 5.91 Å². The highest BCUT2D eigenvalue weighted by atomic mass is 16.5. The van der Waals surface area contributed by atoms with Gasteiger partial charge in [0.15, 0.2) is 0 Å². The number of carbonyl (C=O) groups is 1. The molecule has 1 heterocycles. The highest BCUT2D eigenvalue weighted by Gasteiger charge is 2.10. The van der Waals surface area contributed by atoms with Gasteiger partial charge in [-0.2, -0.15) is 0 Å². The van der Waals surface area contributed by atoms with Crippen LogP contribution in [-0.2, 0) is 17.8 Å². The number of carbonyl (C=O) groups excluding carboxylic acids is 1. The van der Waals surface area contributed by atoms with Crippen molar-refractivity contribution < 1.29 is 9.53 Å². The van der Waals surface area contributed by atoms with Gasteiger partial charge in [0.05, 0.1) is 17.6 Å². The molecule has 4 rings (SSSR count). The summed E-state index contributed by atoms with van der Waals surface area (Å²) >= 11 is 0. The fourth-order valence-electron chi connectivity index (χ4n) is 4.18. The van der Waals surface area contributed by atoms with Gasteiger partial charge in [-0.15, -0.1) is 0 Å². The van der Waals surface area contributed by atoms with Crippen molar-refractivity contribution in [1.82, 2.24) is 14.9 Å². The number of nitrogens with zero attached hydrogens (tertiary/aromatic N) is 2. The lowest BCUT2D eigenvalue weighted by Crippen LogP contribution is -2.22. The first kappa shape index (κ1) is 25.2. The number of amides is 1. The van der Waals surface area contributed by atoms with Crippen LogP contribution >= 0.6 is 0 Å². The van der Waals surface area contributed by atoms with E-state index in [9.17, 15) is 4.79 Å². The van der Waals surface area contributed by atoms with E-state index in [0.717, 1.165) is 54.0 Å². The van der Waals surface area contributed by atoms with Crippen LogP contribution in [0.15, 0.2) is 84.9 Å². The van der Waals surface area contributed by atoms with Gasteiger partial charge >= 0.3 is 0 Å². The zero-order chi connectivity index (χ0) is 25.2. The van der Waals surface area contributed by atoms with Crippen molar-refractivity contribution in [2.24, 2.45) is 0 Å². The summed E-state index contributed by atoms with van der Waals surface area (Å²) in [4.78, 5) is 17.0. The van der Waals surface area contributed by atoms with E-state index < -0.39 is 0 Å². The maximum absolute atomic E-state index is 12.1. The number of imidazole rings is 1. The van der Waals surface area contributed by atoms with Gasteiger partial charge in [0.2, 0.25) is 5.91 Å². The van der Waals surface area contributed by atoms with Crippen LogP contribution < -0.4 is 10.1 Å². The minimum atomic E-state index is -0.0778. The van der Waals surface area contributed by atoms with Crippen LogP contribution in [0, 0.1) is 0 Å². The standard InChI is InChI=1S/C31H35N3O2/c1-24(2)26-16-18-27(19-17-26)36-23-9-22-34-29-13-7-6-12-28(29)33-30(34)14-8-21-32-31(35)20-15-25-10-4-3-5-11-25/h3-7,10-13,15-20,24H,8-9,14,21-23H2,1-2H3,(H,32,35)/b20-15-. The predicted octanol–water partition coefficient (Wildman–Crippen LogP) is 6.39. The summed E-state index contributed by atoms with van der Waals surface area (Å²) < 4.78 is 8.27. The number of nitrogens with one attached hydrogen (secondary N) is 1. The van der Waals surface area contributed by atoms with Gasteiger partial charge in [0, 0.05) is 25.6 Å². The van der Waals surface area contributed by atoms with Crippen LogP contribution in [0.3, 0.4) is 0 Å². The summed E-state index contributed by atoms with van der Waals surface area (Å²) in [6, 6.07) is 26.4. The average molecular weight is 482 g/mol. The molecule has 0 saturated carbocycles. The van der Waals surface area contributed by atoms with Crippen molar-refractivity contribution in [1.29, 1.82) is 0 Å². The summed E-state index contributed by atoms with van der Waals surface area (Å²) in [6.07, 6.45) is 5.93. The number of fused-ring (bicyclic) bond motifs is 1. The number of ether oxygens (including phenoxy) is 1. The zero-order valence-electron chi connectivity index (χ0n) is 21.2. The van der Waals surface area contributed by atoms with Crippen molar-refractivity contribution in [3.05, 3.63) is 102 Å². The van der Waals surface area contributed by atoms with Crippen LogP contribution in [-0.4, -0.2) is 28.6 Å². The fourth-order valence-corrected chi connectivity index (χ4v) is 4.18. The van der Waals surface area contributed by atoms with Gasteiger partial charge in [-0.1, -0.05) is 68.4 Å². The Hall–Kier alpha value is -3.86. The molecule has 0 unspecified atom stereocenters. The molecular weight excluding hydrogens is 446 g/mol. The quantitative estimate of drug-likeness (QED) is 0.188. The molecular formula is C31H35N3O2. The second-order valence-electron chi connectivity index (χ2n) is 9.23. The minimum absolute atomic E-state index is 0.0778. The Morgan fingerprint density at radius 2 is 1.72 bits per heavy atom. The maximum atomic E-state index is 12.1. The van der Waals surface area contributed by atoms with E-state index in [2.05, 4.69) is 66.2 Å². The molecule has 1 aromatic heterocycles. The molecule has 0 radical (unpaired) electrons. The Morgan fingerprint density at radius 3 is 2.50 bits per heavy atom. The molecule has 0 bridgehead atoms. The van der Waals surface area contributed by atoms with Crippen LogP contribution in [0.25, 0.3) is 17.1 Å². The number of benzene rings is 3. The fraction of sp³-hybridized carbons (Fsp3) is 0.290. The molecule has 0 atom stereocenters. The molecule has 0 saturated heterocycles. The third-order valence-corrected chi connectivity index (χ3v) is 6.18. The molecule has 0 spiro atoms. The molecule has 0 aliphatic carbocycles. The molecule has 4 aromatic rings. The lowest BCUT2D eigenvalue weighted by Gasteiger charge is -2.11. The largest absolute Gasteiger partial charge is 0.494 e. The Balaban J connectivity index is 1.28. The van der Waals surface area contributed by atoms with Crippen molar-refractivity contribution in [3.8, 4) is 5.75 Å². The Bertz CT molecular complexity index is 1270. The average Bonchev–Trinajstić information content (AvgIpc) is 3.26. The highest BCUT2D eigenvalue weighted by Crippen LogP contribution is 2.20. The summed E-state index contributed by atoms with van der Waals surface area (Å²) in [5.41, 5.74) is 4.48. The summed E-state index contributed by atoms with van der Waals surface area (Å²) in [5, 5.41) is 2.97. The van der Waals surface area contributed by atoms with E-state index in [1.54, 1.807) is 6.08 Å². The van der Waals surface area contributed by atoms with Crippen LogP contribution in [0.2, 0.25) is 0 Å². The molecule has 0 aliphatic rings. The number of hydrogen-bond acceptors (Lipinski definition) is 3. The topological polar surface area (TPSA) is 56.1 Å². The first-order valence-corrected chi connectivity index (χ1v) is 12.8. The van der Waals surface area contributed by atoms with E-state index in [1.807, 2.05) is 42.5 Å². The normalized spacial score (nSPS) is 11.4. The third kappa shape index (κ3) is 7.08. The lowest BCUT2D eigenvalue weighted by molar-refractivity contribution is -0.116. The van der Waals surface area contributed by atoms with Crippen molar-refractivity contribution in [2.75, 3.05) is 13.2 Å². The van der Waals surface area contributed by atoms with Crippen molar-refractivity contribution >= 4 is 23.0 Å². The van der Waals surface area contributed by atoms with E-state index in [4.69, 9.17) is 9.72 Å². The van der Waals surface area contributed by atoms with Gasteiger partial charge in [-0.05, 0) is 60.2 Å². The molecule has 186 valence electrons. The Kier molecular flexibility index (Phi) is 8.92. The van der Waals surface area contributed by atoms with Crippen molar-refractivity contribution in [2.45, 2.75) is 45.6 Å². The van der Waals surface area contributed by atoms with Gasteiger partial charge in [0.25, 0.3) is 0 Å². The number of aryl methyl sites for hydroxylation is 2. The second kappa shape index (κ2) is 12.7. The Labute approximate surface area is 213 Å². The Morgan fingerprint density at radius 1 is 0.972 bits per heavy atom. The maximum Gasteiger partial charge on any atom is 0.243 e. The SMILES string of the molecule is CC(C)c1ccc(OCCCn2c(CCCNC(=O)/C=C\c3ccccc3)nc3ccccc32)cc1. The molecule has 3 aromatic carbocycles. The minimum Gasteiger partial charge on any atom is -0.494 e. The zero-order valence-corrected chi connectivity index (χ0v) is 21.2. The van der Waals surface area contributed by atoms with Crippen LogP contribution in [0.1, 0.15) is 49.6 Å². The van der Waals surface area contributed by atoms with Gasteiger partial charge in [-0.25, -0.2) is 4.98 Å². The third-order valence-electron chi connectivity index (χ3n) is 6.18. The van der Waals surface area contributed by atoms with E-state index in [1.165, 1.54) is 5.56 Å². The van der Waals surface area contributed by atoms with E-state index >= 15 is 0 Å². The monoisotopic (exact) mass is 481 g/mol. The molecule has 0 aliphatic heterocycles. The summed E-state index contributed by atoms with van der Waals surface area (Å²) in [7, 11) is 0. The first-order valence-electron chi connectivity index (χ1n) is 12.8. The molecule has 5 heteroatoms. The number of hydrogen-bond donors (Lipinski definition) is 1. The highest BCUT2D eigenvalue weighted by molar-refractivity contribution is 5.91. The number of rotatable bonds is 12. The smallest absolute Gasteiger partial charge is 0.243 e. The summed E-state index contributed by atoms with van der Waals surface area (Å²) in [5.74, 6) is 2.40. The lowest BCUT2D eigenvalue weighted by atomic mass is 10.0. The number of para-hydroxylation sites is 2. The van der Waals surface area contributed by atoms with Gasteiger partial charge in [-0.3, -0.25) is 4.79 Å². The molecule has 1 amide bonds. The van der Waals surface area contributed by atoms with E-state index in [0.29, 0.717) is 19.1 Å². The molecule has 1 N–H and O–H groups in total. The summed E-state index contributed by atoms with van der Waals surface area (Å²) in [6.45, 7) is 6.49. The van der Waals surface area contributed by atoms with Crippen molar-refractivity contribution in [3.63, 3.8) is 0 Å². The predicted molar refractivity (Wildman–Crippen MR) is 147 cm³/mol. The second-order valence-corrected chi connectivity index (χ2v) is 9.23. The van der Waals surface area contributed by atoms with Gasteiger partial charge in [0.1, 0.15) is 11.6 Å². The molecule has 36 heavy (non-hydrogen) atoms. The number of aromatic nitrogens is 2. The van der Waals surface area contributed by atoms with Crippen LogP contribution in [0.4, 0.5) is 0 Å². The molecule has 0 fully saturated rings. The van der Waals surface area contributed by atoms with Gasteiger partial charge < -0.3 is 14.6 Å².